The number of hydrogen-bond donors (Lipinski definition) is 0. The Morgan fingerprint density at radius 3 is 2.65 bits per heavy atom. The van der Waals surface area contributed by atoms with Gasteiger partial charge in [-0.2, -0.15) is 0 Å². The number of hydrogen-bond acceptors (Lipinski definition) is 3. The zero-order valence-electron chi connectivity index (χ0n) is 14.2. The van der Waals surface area contributed by atoms with Gasteiger partial charge in [0.2, 0.25) is 5.91 Å². The Bertz CT molecular complexity index is 687. The molecular weight excluding hydrogens is 306 g/mol. The first kappa shape index (κ1) is 16.4. The number of benzene rings is 1. The Morgan fingerprint density at radius 2 is 1.96 bits per heavy atom. The Balaban J connectivity index is 1.69. The van der Waals surface area contributed by atoms with Crippen LogP contribution in [0, 0.1) is 11.8 Å². The SMILES string of the molecule is CCn1c(SCC(=O)N2CC(C)CC(C)C2)nc2ccccc21. The van der Waals surface area contributed by atoms with E-state index in [0.717, 1.165) is 35.8 Å². The quantitative estimate of drug-likeness (QED) is 0.803. The normalized spacial score (nSPS) is 21.8. The fourth-order valence-electron chi connectivity index (χ4n) is 3.55. The van der Waals surface area contributed by atoms with Crippen molar-refractivity contribution in [1.82, 2.24) is 14.5 Å². The number of piperidine rings is 1. The van der Waals surface area contributed by atoms with Crippen LogP contribution in [0.5, 0.6) is 0 Å². The van der Waals surface area contributed by atoms with Gasteiger partial charge in [-0.15, -0.1) is 0 Å². The van der Waals surface area contributed by atoms with E-state index in [9.17, 15) is 4.79 Å². The fourth-order valence-corrected chi connectivity index (χ4v) is 4.53. The maximum atomic E-state index is 12.5. The third-order valence-corrected chi connectivity index (χ3v) is 5.44. The number of fused-ring (bicyclic) bond motifs is 1. The van der Waals surface area contributed by atoms with Gasteiger partial charge >= 0.3 is 0 Å². The molecule has 1 aliphatic rings. The molecule has 5 heteroatoms. The zero-order valence-corrected chi connectivity index (χ0v) is 15.0. The number of para-hydroxylation sites is 2. The Kier molecular flexibility index (Phi) is 4.95. The summed E-state index contributed by atoms with van der Waals surface area (Å²) in [5, 5.41) is 0.945. The third kappa shape index (κ3) is 3.55. The van der Waals surface area contributed by atoms with Gasteiger partial charge in [-0.25, -0.2) is 4.98 Å². The van der Waals surface area contributed by atoms with E-state index in [1.165, 1.54) is 6.42 Å². The van der Waals surface area contributed by atoms with Gasteiger partial charge < -0.3 is 9.47 Å². The molecule has 1 aromatic carbocycles. The molecule has 1 saturated heterocycles. The minimum Gasteiger partial charge on any atom is -0.341 e. The molecule has 0 aliphatic carbocycles. The van der Waals surface area contributed by atoms with Gasteiger partial charge in [-0.3, -0.25) is 4.79 Å². The van der Waals surface area contributed by atoms with Gasteiger partial charge in [0, 0.05) is 19.6 Å². The Morgan fingerprint density at radius 1 is 1.26 bits per heavy atom. The number of thioether (sulfide) groups is 1. The number of rotatable bonds is 4. The average Bonchev–Trinajstić information content (AvgIpc) is 2.89. The first-order valence-corrected chi connectivity index (χ1v) is 9.42. The van der Waals surface area contributed by atoms with Crippen LogP contribution in [0.1, 0.15) is 27.2 Å². The van der Waals surface area contributed by atoms with Gasteiger partial charge in [0.1, 0.15) is 0 Å². The summed E-state index contributed by atoms with van der Waals surface area (Å²) < 4.78 is 2.19. The summed E-state index contributed by atoms with van der Waals surface area (Å²) in [5.74, 6) is 1.92. The van der Waals surface area contributed by atoms with E-state index in [-0.39, 0.29) is 5.91 Å². The van der Waals surface area contributed by atoms with Crippen LogP contribution in [0.4, 0.5) is 0 Å². The van der Waals surface area contributed by atoms with Crippen molar-refractivity contribution in [3.63, 3.8) is 0 Å². The number of carbonyl (C=O) groups is 1. The van der Waals surface area contributed by atoms with Crippen molar-refractivity contribution in [2.75, 3.05) is 18.8 Å². The maximum Gasteiger partial charge on any atom is 0.233 e. The van der Waals surface area contributed by atoms with Crippen molar-refractivity contribution in [3.05, 3.63) is 24.3 Å². The molecule has 1 aromatic heterocycles. The van der Waals surface area contributed by atoms with Crippen molar-refractivity contribution in [3.8, 4) is 0 Å². The van der Waals surface area contributed by atoms with Gasteiger partial charge in [0.15, 0.2) is 5.16 Å². The predicted octanol–water partition coefficient (Wildman–Crippen LogP) is 3.65. The van der Waals surface area contributed by atoms with Gasteiger partial charge in [0.25, 0.3) is 0 Å². The minimum atomic E-state index is 0.239. The lowest BCUT2D eigenvalue weighted by Crippen LogP contribution is -2.43. The molecule has 23 heavy (non-hydrogen) atoms. The molecule has 2 unspecified atom stereocenters. The van der Waals surface area contributed by atoms with Crippen LogP contribution < -0.4 is 0 Å². The second-order valence-electron chi connectivity index (χ2n) is 6.66. The number of amides is 1. The number of imidazole rings is 1. The molecule has 0 saturated carbocycles. The highest BCUT2D eigenvalue weighted by molar-refractivity contribution is 7.99. The molecule has 1 amide bonds. The maximum absolute atomic E-state index is 12.5. The molecule has 1 fully saturated rings. The lowest BCUT2D eigenvalue weighted by Gasteiger charge is -2.35. The summed E-state index contributed by atoms with van der Waals surface area (Å²) in [5.41, 5.74) is 2.15. The standard InChI is InChI=1S/C18H25N3OS/c1-4-21-16-8-6-5-7-15(16)19-18(21)23-12-17(22)20-10-13(2)9-14(3)11-20/h5-8,13-14H,4,9-12H2,1-3H3. The van der Waals surface area contributed by atoms with Gasteiger partial charge in [0.05, 0.1) is 16.8 Å². The molecular formula is C18H25N3OS. The third-order valence-electron chi connectivity index (χ3n) is 4.48. The molecule has 0 N–H and O–H groups in total. The topological polar surface area (TPSA) is 38.1 Å². The first-order chi connectivity index (χ1) is 11.1. The van der Waals surface area contributed by atoms with Crippen LogP contribution in [-0.2, 0) is 11.3 Å². The van der Waals surface area contributed by atoms with Crippen molar-refractivity contribution < 1.29 is 4.79 Å². The largest absolute Gasteiger partial charge is 0.341 e. The van der Waals surface area contributed by atoms with Crippen LogP contribution in [0.3, 0.4) is 0 Å². The van der Waals surface area contributed by atoms with E-state index in [1.807, 2.05) is 23.1 Å². The molecule has 0 radical (unpaired) electrons. The van der Waals surface area contributed by atoms with E-state index in [0.29, 0.717) is 17.6 Å². The predicted molar refractivity (Wildman–Crippen MR) is 95.7 cm³/mol. The summed E-state index contributed by atoms with van der Waals surface area (Å²) in [6, 6.07) is 8.16. The molecule has 1 aliphatic heterocycles. The van der Waals surface area contributed by atoms with Crippen LogP contribution in [0.25, 0.3) is 11.0 Å². The van der Waals surface area contributed by atoms with Gasteiger partial charge in [-0.1, -0.05) is 37.7 Å². The summed E-state index contributed by atoms with van der Waals surface area (Å²) in [7, 11) is 0. The van der Waals surface area contributed by atoms with Crippen molar-refractivity contribution in [2.45, 2.75) is 38.9 Å². The average molecular weight is 331 g/mol. The number of likely N-dealkylation sites (tertiary alicyclic amines) is 1. The Labute approximate surface area is 142 Å². The second kappa shape index (κ2) is 6.95. The van der Waals surface area contributed by atoms with Crippen LogP contribution >= 0.6 is 11.8 Å². The van der Waals surface area contributed by atoms with Crippen molar-refractivity contribution >= 4 is 28.7 Å². The van der Waals surface area contributed by atoms with Gasteiger partial charge in [-0.05, 0) is 37.3 Å². The van der Waals surface area contributed by atoms with Crippen molar-refractivity contribution in [1.29, 1.82) is 0 Å². The lowest BCUT2D eigenvalue weighted by atomic mass is 9.92. The molecule has 2 heterocycles. The van der Waals surface area contributed by atoms with E-state index in [1.54, 1.807) is 11.8 Å². The molecule has 0 bridgehead atoms. The fraction of sp³-hybridized carbons (Fsp3) is 0.556. The van der Waals surface area contributed by atoms with Crippen LogP contribution in [0.15, 0.2) is 29.4 Å². The number of aryl methyl sites for hydroxylation is 1. The lowest BCUT2D eigenvalue weighted by molar-refractivity contribution is -0.130. The summed E-state index contributed by atoms with van der Waals surface area (Å²) in [6.45, 7) is 9.25. The van der Waals surface area contributed by atoms with E-state index < -0.39 is 0 Å². The summed E-state index contributed by atoms with van der Waals surface area (Å²) >= 11 is 1.56. The van der Waals surface area contributed by atoms with Crippen molar-refractivity contribution in [2.24, 2.45) is 11.8 Å². The highest BCUT2D eigenvalue weighted by atomic mass is 32.2. The number of aromatic nitrogens is 2. The molecule has 2 aromatic rings. The minimum absolute atomic E-state index is 0.239. The smallest absolute Gasteiger partial charge is 0.233 e. The Hall–Kier alpha value is -1.49. The van der Waals surface area contributed by atoms with E-state index in [4.69, 9.17) is 0 Å². The summed E-state index contributed by atoms with van der Waals surface area (Å²) in [6.07, 6.45) is 1.22. The first-order valence-electron chi connectivity index (χ1n) is 8.44. The molecule has 124 valence electrons. The second-order valence-corrected chi connectivity index (χ2v) is 7.60. The van der Waals surface area contributed by atoms with E-state index in [2.05, 4.69) is 36.4 Å². The highest BCUT2D eigenvalue weighted by Gasteiger charge is 2.25. The highest BCUT2D eigenvalue weighted by Crippen LogP contribution is 2.26. The monoisotopic (exact) mass is 331 g/mol. The molecule has 4 nitrogen and oxygen atoms in total. The molecule has 3 rings (SSSR count). The molecule has 0 spiro atoms. The summed E-state index contributed by atoms with van der Waals surface area (Å²) in [4.78, 5) is 19.3. The number of carbonyl (C=O) groups excluding carboxylic acids is 1. The zero-order chi connectivity index (χ0) is 16.4. The number of nitrogens with zero attached hydrogens (tertiary/aromatic N) is 3. The van der Waals surface area contributed by atoms with Crippen LogP contribution in [0.2, 0.25) is 0 Å². The molecule has 2 atom stereocenters. The van der Waals surface area contributed by atoms with Crippen LogP contribution in [-0.4, -0.2) is 39.2 Å². The van der Waals surface area contributed by atoms with E-state index >= 15 is 0 Å².